The first-order chi connectivity index (χ1) is 10.0. The fourth-order valence-corrected chi connectivity index (χ4v) is 3.07. The third kappa shape index (κ3) is 2.82. The van der Waals surface area contributed by atoms with Gasteiger partial charge in [-0.25, -0.2) is 14.5 Å². The number of nitrogens with zero attached hydrogens (tertiary/aromatic N) is 4. The molecule has 0 aliphatic carbocycles. The van der Waals surface area contributed by atoms with Gasteiger partial charge in [0.05, 0.1) is 16.4 Å². The van der Waals surface area contributed by atoms with Gasteiger partial charge in [0.1, 0.15) is 0 Å². The lowest BCUT2D eigenvalue weighted by molar-refractivity contribution is 0.559. The van der Waals surface area contributed by atoms with E-state index in [2.05, 4.69) is 39.6 Å². The highest BCUT2D eigenvalue weighted by molar-refractivity contribution is 7.09. The molecule has 0 bridgehead atoms. The van der Waals surface area contributed by atoms with Crippen LogP contribution in [0.4, 0.5) is 0 Å². The maximum atomic E-state index is 4.49. The summed E-state index contributed by atoms with van der Waals surface area (Å²) in [7, 11) is 0. The van der Waals surface area contributed by atoms with Crippen molar-refractivity contribution in [1.82, 2.24) is 24.9 Å². The SMILES string of the molecule is Cc1cc2ncc(C(C)NCc3csc(C)n3)c(C)n2n1. The van der Waals surface area contributed by atoms with E-state index in [0.717, 1.165) is 39.8 Å². The summed E-state index contributed by atoms with van der Waals surface area (Å²) in [6, 6.07) is 2.20. The van der Waals surface area contributed by atoms with E-state index < -0.39 is 0 Å². The number of hydrogen-bond donors (Lipinski definition) is 1. The molecule has 0 aromatic carbocycles. The first-order valence-corrected chi connectivity index (χ1v) is 7.89. The lowest BCUT2D eigenvalue weighted by atomic mass is 10.1. The number of fused-ring (bicyclic) bond motifs is 1. The Bertz CT molecular complexity index is 774. The van der Waals surface area contributed by atoms with E-state index in [1.807, 2.05) is 30.6 Å². The van der Waals surface area contributed by atoms with E-state index in [0.29, 0.717) is 0 Å². The number of hydrogen-bond acceptors (Lipinski definition) is 5. The molecule has 0 saturated heterocycles. The molecule has 1 N–H and O–H groups in total. The number of rotatable bonds is 4. The van der Waals surface area contributed by atoms with Gasteiger partial charge >= 0.3 is 0 Å². The molecule has 21 heavy (non-hydrogen) atoms. The van der Waals surface area contributed by atoms with Crippen molar-refractivity contribution in [2.75, 3.05) is 0 Å². The minimum atomic E-state index is 0.202. The molecular weight excluding hydrogens is 282 g/mol. The van der Waals surface area contributed by atoms with E-state index in [4.69, 9.17) is 0 Å². The maximum absolute atomic E-state index is 4.49. The molecule has 0 spiro atoms. The van der Waals surface area contributed by atoms with Gasteiger partial charge in [0, 0.05) is 41.5 Å². The van der Waals surface area contributed by atoms with Crippen molar-refractivity contribution in [1.29, 1.82) is 0 Å². The molecule has 0 aliphatic rings. The van der Waals surface area contributed by atoms with Crippen LogP contribution in [0, 0.1) is 20.8 Å². The van der Waals surface area contributed by atoms with Crippen molar-refractivity contribution in [2.24, 2.45) is 0 Å². The zero-order valence-corrected chi connectivity index (χ0v) is 13.5. The third-order valence-corrected chi connectivity index (χ3v) is 4.43. The summed E-state index contributed by atoms with van der Waals surface area (Å²) in [5.41, 5.74) is 5.27. The predicted molar refractivity (Wildman–Crippen MR) is 84.6 cm³/mol. The summed E-state index contributed by atoms with van der Waals surface area (Å²) in [5, 5.41) is 11.2. The van der Waals surface area contributed by atoms with Gasteiger partial charge in [0.15, 0.2) is 5.65 Å². The smallest absolute Gasteiger partial charge is 0.155 e. The second-order valence-electron chi connectivity index (χ2n) is 5.32. The van der Waals surface area contributed by atoms with Gasteiger partial charge in [-0.2, -0.15) is 5.10 Å². The van der Waals surface area contributed by atoms with E-state index in [9.17, 15) is 0 Å². The van der Waals surface area contributed by atoms with Gasteiger partial charge in [-0.05, 0) is 27.7 Å². The first kappa shape index (κ1) is 14.2. The van der Waals surface area contributed by atoms with E-state index >= 15 is 0 Å². The molecule has 0 amide bonds. The molecule has 3 aromatic rings. The summed E-state index contributed by atoms with van der Waals surface area (Å²) in [6.07, 6.45) is 1.94. The van der Waals surface area contributed by atoms with Crippen LogP contribution in [0.3, 0.4) is 0 Å². The standard InChI is InChI=1S/C15H19N5S/c1-9-5-15-17-7-14(11(3)20(15)19-9)10(2)16-6-13-8-21-12(4)18-13/h5,7-8,10,16H,6H2,1-4H3. The molecule has 5 nitrogen and oxygen atoms in total. The second kappa shape index (κ2) is 5.54. The molecular formula is C15H19N5S. The Kier molecular flexibility index (Phi) is 3.73. The number of aromatic nitrogens is 4. The molecule has 0 aliphatic heterocycles. The Hall–Kier alpha value is -1.79. The average molecular weight is 301 g/mol. The van der Waals surface area contributed by atoms with E-state index in [1.54, 1.807) is 11.3 Å². The molecule has 3 heterocycles. The molecule has 6 heteroatoms. The quantitative estimate of drug-likeness (QED) is 0.805. The highest BCUT2D eigenvalue weighted by atomic mass is 32.1. The monoisotopic (exact) mass is 301 g/mol. The third-order valence-electron chi connectivity index (χ3n) is 3.61. The number of thiazole rings is 1. The summed E-state index contributed by atoms with van der Waals surface area (Å²) in [5.74, 6) is 0. The highest BCUT2D eigenvalue weighted by Gasteiger charge is 2.13. The summed E-state index contributed by atoms with van der Waals surface area (Å²) in [4.78, 5) is 8.96. The maximum Gasteiger partial charge on any atom is 0.155 e. The van der Waals surface area contributed by atoms with Gasteiger partial charge in [-0.1, -0.05) is 0 Å². The van der Waals surface area contributed by atoms with E-state index in [1.165, 1.54) is 0 Å². The van der Waals surface area contributed by atoms with Crippen LogP contribution in [0.15, 0.2) is 17.6 Å². The predicted octanol–water partition coefficient (Wildman–Crippen LogP) is 2.96. The lowest BCUT2D eigenvalue weighted by Gasteiger charge is -2.16. The summed E-state index contributed by atoms with van der Waals surface area (Å²) >= 11 is 1.68. The Morgan fingerprint density at radius 2 is 2.14 bits per heavy atom. The molecule has 3 aromatic heterocycles. The summed E-state index contributed by atoms with van der Waals surface area (Å²) < 4.78 is 1.91. The minimum Gasteiger partial charge on any atom is -0.304 e. The van der Waals surface area contributed by atoms with Crippen molar-refractivity contribution < 1.29 is 0 Å². The first-order valence-electron chi connectivity index (χ1n) is 7.01. The zero-order chi connectivity index (χ0) is 15.0. The number of aryl methyl sites for hydroxylation is 3. The normalized spacial score (nSPS) is 13.0. The summed E-state index contributed by atoms with van der Waals surface area (Å²) in [6.45, 7) is 9.01. The fraction of sp³-hybridized carbons (Fsp3) is 0.400. The van der Waals surface area contributed by atoms with Crippen LogP contribution in [-0.4, -0.2) is 19.6 Å². The second-order valence-corrected chi connectivity index (χ2v) is 6.38. The van der Waals surface area contributed by atoms with Gasteiger partial charge in [0.2, 0.25) is 0 Å². The Morgan fingerprint density at radius 3 is 2.86 bits per heavy atom. The van der Waals surface area contributed by atoms with Gasteiger partial charge in [0.25, 0.3) is 0 Å². The Balaban J connectivity index is 1.80. The van der Waals surface area contributed by atoms with Crippen LogP contribution in [0.25, 0.3) is 5.65 Å². The molecule has 1 unspecified atom stereocenters. The average Bonchev–Trinajstić information content (AvgIpc) is 3.02. The molecule has 0 fully saturated rings. The molecule has 3 rings (SSSR count). The highest BCUT2D eigenvalue weighted by Crippen LogP contribution is 2.18. The van der Waals surface area contributed by atoms with Crippen molar-refractivity contribution in [2.45, 2.75) is 40.3 Å². The van der Waals surface area contributed by atoms with Crippen LogP contribution in [0.1, 0.15) is 40.6 Å². The van der Waals surface area contributed by atoms with Gasteiger partial charge in [-0.3, -0.25) is 0 Å². The van der Waals surface area contributed by atoms with Crippen LogP contribution >= 0.6 is 11.3 Å². The van der Waals surface area contributed by atoms with Crippen molar-refractivity contribution in [3.8, 4) is 0 Å². The Labute approximate surface area is 128 Å². The molecule has 0 saturated carbocycles. The molecule has 1 atom stereocenters. The zero-order valence-electron chi connectivity index (χ0n) is 12.7. The number of nitrogens with one attached hydrogen (secondary N) is 1. The lowest BCUT2D eigenvalue weighted by Crippen LogP contribution is -2.20. The minimum absolute atomic E-state index is 0.202. The fourth-order valence-electron chi connectivity index (χ4n) is 2.46. The molecule has 0 radical (unpaired) electrons. The van der Waals surface area contributed by atoms with Crippen molar-refractivity contribution >= 4 is 17.0 Å². The van der Waals surface area contributed by atoms with Crippen LogP contribution in [0.2, 0.25) is 0 Å². The topological polar surface area (TPSA) is 55.1 Å². The van der Waals surface area contributed by atoms with Crippen molar-refractivity contribution in [3.05, 3.63) is 45.3 Å². The van der Waals surface area contributed by atoms with Gasteiger partial charge in [-0.15, -0.1) is 11.3 Å². The Morgan fingerprint density at radius 1 is 1.33 bits per heavy atom. The van der Waals surface area contributed by atoms with Crippen LogP contribution in [-0.2, 0) is 6.54 Å². The van der Waals surface area contributed by atoms with E-state index in [-0.39, 0.29) is 6.04 Å². The molecule has 110 valence electrons. The van der Waals surface area contributed by atoms with Crippen LogP contribution in [0.5, 0.6) is 0 Å². The largest absolute Gasteiger partial charge is 0.304 e. The van der Waals surface area contributed by atoms with Gasteiger partial charge < -0.3 is 5.32 Å². The van der Waals surface area contributed by atoms with Crippen LogP contribution < -0.4 is 5.32 Å². The van der Waals surface area contributed by atoms with Crippen molar-refractivity contribution in [3.63, 3.8) is 0 Å².